The van der Waals surface area contributed by atoms with Crippen molar-refractivity contribution in [2.24, 2.45) is 0 Å². The molecule has 1 nitrogen and oxygen atoms in total. The van der Waals surface area contributed by atoms with Crippen molar-refractivity contribution < 1.29 is 0 Å². The van der Waals surface area contributed by atoms with Crippen LogP contribution in [0.25, 0.3) is 0 Å². The predicted octanol–water partition coefficient (Wildman–Crippen LogP) is 3.40. The van der Waals surface area contributed by atoms with E-state index in [9.17, 15) is 0 Å². The third-order valence-electron chi connectivity index (χ3n) is 1.90. The average Bonchev–Trinajstić information content (AvgIpc) is 2.15. The molecule has 0 aliphatic heterocycles. The number of allylic oxidation sites excluding steroid dienone is 1. The fraction of sp³-hybridized carbons (Fsp3) is 0.333. The Morgan fingerprint density at radius 1 is 1.29 bits per heavy atom. The molecule has 0 aromatic heterocycles. The van der Waals surface area contributed by atoms with E-state index in [1.807, 2.05) is 24.3 Å². The Labute approximate surface area is 90.8 Å². The van der Waals surface area contributed by atoms with Crippen LogP contribution in [0.2, 0.25) is 5.02 Å². The fourth-order valence-corrected chi connectivity index (χ4v) is 1.22. The summed E-state index contributed by atoms with van der Waals surface area (Å²) in [5.74, 6) is 0. The lowest BCUT2D eigenvalue weighted by Gasteiger charge is -2.02. The lowest BCUT2D eigenvalue weighted by atomic mass is 10.2. The molecule has 2 heteroatoms. The second-order valence-corrected chi connectivity index (χ2v) is 3.98. The van der Waals surface area contributed by atoms with Gasteiger partial charge in [0.25, 0.3) is 0 Å². The Bertz CT molecular complexity index is 297. The van der Waals surface area contributed by atoms with E-state index in [4.69, 9.17) is 11.6 Å². The zero-order valence-corrected chi connectivity index (χ0v) is 9.43. The Morgan fingerprint density at radius 3 is 2.50 bits per heavy atom. The van der Waals surface area contributed by atoms with Gasteiger partial charge in [-0.25, -0.2) is 0 Å². The van der Waals surface area contributed by atoms with Crippen LogP contribution in [0.5, 0.6) is 0 Å². The van der Waals surface area contributed by atoms with Gasteiger partial charge in [0.1, 0.15) is 0 Å². The predicted molar refractivity (Wildman–Crippen MR) is 62.6 cm³/mol. The maximum absolute atomic E-state index is 5.78. The van der Waals surface area contributed by atoms with E-state index >= 15 is 0 Å². The van der Waals surface area contributed by atoms with E-state index in [-0.39, 0.29) is 0 Å². The number of hydrogen-bond acceptors (Lipinski definition) is 1. The number of rotatable bonds is 4. The average molecular weight is 210 g/mol. The lowest BCUT2D eigenvalue weighted by Crippen LogP contribution is -2.12. The molecule has 0 aliphatic rings. The molecule has 0 fully saturated rings. The van der Waals surface area contributed by atoms with Gasteiger partial charge in [-0.15, -0.1) is 0 Å². The lowest BCUT2D eigenvalue weighted by molar-refractivity contribution is 0.757. The molecule has 14 heavy (non-hydrogen) atoms. The van der Waals surface area contributed by atoms with E-state index < -0.39 is 0 Å². The highest BCUT2D eigenvalue weighted by atomic mass is 35.5. The van der Waals surface area contributed by atoms with Gasteiger partial charge < -0.3 is 5.32 Å². The molecule has 0 saturated heterocycles. The highest BCUT2D eigenvalue weighted by molar-refractivity contribution is 6.30. The van der Waals surface area contributed by atoms with Crippen molar-refractivity contribution in [3.8, 4) is 0 Å². The van der Waals surface area contributed by atoms with E-state index in [1.165, 1.54) is 11.1 Å². The molecular weight excluding hydrogens is 194 g/mol. The number of benzene rings is 1. The third kappa shape index (κ3) is 4.45. The topological polar surface area (TPSA) is 12.0 Å². The normalized spacial score (nSPS) is 9.93. The van der Waals surface area contributed by atoms with E-state index in [0.29, 0.717) is 0 Å². The van der Waals surface area contributed by atoms with Crippen LogP contribution in [0.1, 0.15) is 19.4 Å². The maximum Gasteiger partial charge on any atom is 0.0406 e. The van der Waals surface area contributed by atoms with E-state index in [0.717, 1.165) is 18.1 Å². The maximum atomic E-state index is 5.78. The molecule has 0 radical (unpaired) electrons. The van der Waals surface area contributed by atoms with Gasteiger partial charge in [-0.2, -0.15) is 0 Å². The largest absolute Gasteiger partial charge is 0.309 e. The molecule has 0 aliphatic carbocycles. The van der Waals surface area contributed by atoms with Gasteiger partial charge in [0.15, 0.2) is 0 Å². The molecule has 1 aromatic carbocycles. The van der Waals surface area contributed by atoms with Crippen LogP contribution in [-0.2, 0) is 6.54 Å². The molecule has 0 amide bonds. The highest BCUT2D eigenvalue weighted by Crippen LogP contribution is 2.08. The van der Waals surface area contributed by atoms with Crippen LogP contribution < -0.4 is 5.32 Å². The monoisotopic (exact) mass is 209 g/mol. The van der Waals surface area contributed by atoms with Gasteiger partial charge >= 0.3 is 0 Å². The summed E-state index contributed by atoms with van der Waals surface area (Å²) in [4.78, 5) is 0. The van der Waals surface area contributed by atoms with E-state index in [1.54, 1.807) is 0 Å². The van der Waals surface area contributed by atoms with Crippen molar-refractivity contribution in [3.63, 3.8) is 0 Å². The molecule has 0 unspecified atom stereocenters. The van der Waals surface area contributed by atoms with Gasteiger partial charge in [-0.1, -0.05) is 35.4 Å². The minimum Gasteiger partial charge on any atom is -0.309 e. The summed E-state index contributed by atoms with van der Waals surface area (Å²) in [7, 11) is 0. The van der Waals surface area contributed by atoms with Crippen LogP contribution in [0.15, 0.2) is 35.9 Å². The zero-order valence-electron chi connectivity index (χ0n) is 8.68. The second-order valence-electron chi connectivity index (χ2n) is 3.54. The molecule has 0 atom stereocenters. The second kappa shape index (κ2) is 5.84. The van der Waals surface area contributed by atoms with Gasteiger partial charge in [0.2, 0.25) is 0 Å². The van der Waals surface area contributed by atoms with E-state index in [2.05, 4.69) is 25.2 Å². The summed E-state index contributed by atoms with van der Waals surface area (Å²) in [5, 5.41) is 4.12. The number of halogens is 1. The van der Waals surface area contributed by atoms with Crippen molar-refractivity contribution in [1.82, 2.24) is 5.32 Å². The highest BCUT2D eigenvalue weighted by Gasteiger charge is 1.91. The Balaban J connectivity index is 2.32. The molecule has 0 saturated carbocycles. The van der Waals surface area contributed by atoms with Gasteiger partial charge in [0.05, 0.1) is 0 Å². The summed E-state index contributed by atoms with van der Waals surface area (Å²) in [5.41, 5.74) is 2.60. The Kier molecular flexibility index (Phi) is 4.71. The van der Waals surface area contributed by atoms with Crippen LogP contribution >= 0.6 is 11.6 Å². The number of nitrogens with one attached hydrogen (secondary N) is 1. The van der Waals surface area contributed by atoms with Crippen LogP contribution in [0.4, 0.5) is 0 Å². The molecule has 0 bridgehead atoms. The Morgan fingerprint density at radius 2 is 1.93 bits per heavy atom. The Hall–Kier alpha value is -0.790. The third-order valence-corrected chi connectivity index (χ3v) is 2.15. The molecule has 1 N–H and O–H groups in total. The molecule has 0 heterocycles. The quantitative estimate of drug-likeness (QED) is 0.592. The summed E-state index contributed by atoms with van der Waals surface area (Å²) < 4.78 is 0. The summed E-state index contributed by atoms with van der Waals surface area (Å²) >= 11 is 5.78. The standard InChI is InChI=1S/C12H16ClN/c1-10(2)7-8-14-9-11-3-5-12(13)6-4-11/h3-7,14H,8-9H2,1-2H3. The van der Waals surface area contributed by atoms with Crippen molar-refractivity contribution >= 4 is 11.6 Å². The van der Waals surface area contributed by atoms with Crippen molar-refractivity contribution in [3.05, 3.63) is 46.5 Å². The summed E-state index contributed by atoms with van der Waals surface area (Å²) in [6, 6.07) is 7.91. The SMILES string of the molecule is CC(C)=CCNCc1ccc(Cl)cc1. The molecule has 1 rings (SSSR count). The van der Waals surface area contributed by atoms with Gasteiger partial charge in [0, 0.05) is 18.1 Å². The smallest absolute Gasteiger partial charge is 0.0406 e. The fourth-order valence-electron chi connectivity index (χ4n) is 1.10. The van der Waals surface area contributed by atoms with Crippen LogP contribution in [0, 0.1) is 0 Å². The van der Waals surface area contributed by atoms with Crippen molar-refractivity contribution in [1.29, 1.82) is 0 Å². The van der Waals surface area contributed by atoms with Crippen LogP contribution in [-0.4, -0.2) is 6.54 Å². The first-order chi connectivity index (χ1) is 6.68. The molecule has 1 aromatic rings. The van der Waals surface area contributed by atoms with Crippen LogP contribution in [0.3, 0.4) is 0 Å². The van der Waals surface area contributed by atoms with Crippen molar-refractivity contribution in [2.75, 3.05) is 6.54 Å². The minimum atomic E-state index is 0.790. The molecular formula is C12H16ClN. The first kappa shape index (κ1) is 11.3. The van der Waals surface area contributed by atoms with Gasteiger partial charge in [-0.05, 0) is 31.5 Å². The number of hydrogen-bond donors (Lipinski definition) is 1. The van der Waals surface area contributed by atoms with Gasteiger partial charge in [-0.3, -0.25) is 0 Å². The summed E-state index contributed by atoms with van der Waals surface area (Å²) in [6.07, 6.45) is 2.18. The first-order valence-corrected chi connectivity index (χ1v) is 5.15. The molecule has 76 valence electrons. The minimum absolute atomic E-state index is 0.790. The molecule has 0 spiro atoms. The summed E-state index contributed by atoms with van der Waals surface area (Å²) in [6.45, 7) is 6.01. The van der Waals surface area contributed by atoms with Crippen molar-refractivity contribution in [2.45, 2.75) is 20.4 Å². The zero-order chi connectivity index (χ0) is 10.4. The first-order valence-electron chi connectivity index (χ1n) is 4.77.